The summed E-state index contributed by atoms with van der Waals surface area (Å²) in [5, 5.41) is 6.56. The summed E-state index contributed by atoms with van der Waals surface area (Å²) in [4.78, 5) is 16.6. The topological polar surface area (TPSA) is 94.0 Å². The molecule has 19 heavy (non-hydrogen) atoms. The van der Waals surface area contributed by atoms with Crippen LogP contribution < -0.4 is 11.1 Å². The van der Waals surface area contributed by atoms with E-state index in [2.05, 4.69) is 15.5 Å². The van der Waals surface area contributed by atoms with E-state index < -0.39 is 5.41 Å². The average molecular weight is 282 g/mol. The molecule has 1 aromatic heterocycles. The van der Waals surface area contributed by atoms with Crippen molar-refractivity contribution in [2.24, 2.45) is 11.1 Å². The van der Waals surface area contributed by atoms with Crippen molar-refractivity contribution < 1.29 is 9.32 Å². The molecule has 0 saturated heterocycles. The normalized spacial score (nSPS) is 17.3. The van der Waals surface area contributed by atoms with Crippen LogP contribution in [0.5, 0.6) is 0 Å². The van der Waals surface area contributed by atoms with E-state index in [0.29, 0.717) is 29.7 Å². The van der Waals surface area contributed by atoms with Gasteiger partial charge in [0.2, 0.25) is 11.8 Å². The third-order valence-electron chi connectivity index (χ3n) is 3.56. The summed E-state index contributed by atoms with van der Waals surface area (Å²) >= 11 is 5.07. The van der Waals surface area contributed by atoms with Crippen LogP contribution in [0.4, 0.5) is 0 Å². The maximum absolute atomic E-state index is 12.3. The average Bonchev–Trinajstić information content (AvgIpc) is 2.98. The molecule has 1 fully saturated rings. The Morgan fingerprint density at radius 3 is 2.74 bits per heavy atom. The first-order valence-electron chi connectivity index (χ1n) is 6.42. The summed E-state index contributed by atoms with van der Waals surface area (Å²) in [6, 6.07) is 0. The van der Waals surface area contributed by atoms with E-state index in [0.717, 1.165) is 25.7 Å². The summed E-state index contributed by atoms with van der Waals surface area (Å²) in [7, 11) is 0. The summed E-state index contributed by atoms with van der Waals surface area (Å²) < 4.78 is 4.98. The molecular formula is C12H18N4O2S. The Morgan fingerprint density at radius 1 is 1.53 bits per heavy atom. The second-order valence-corrected chi connectivity index (χ2v) is 5.33. The summed E-state index contributed by atoms with van der Waals surface area (Å²) in [6.07, 6.45) is 3.99. The maximum atomic E-state index is 12.3. The Bertz CT molecular complexity index is 480. The van der Waals surface area contributed by atoms with Crippen LogP contribution >= 0.6 is 12.2 Å². The van der Waals surface area contributed by atoms with Gasteiger partial charge in [-0.25, -0.2) is 0 Å². The molecular weight excluding hydrogens is 264 g/mol. The van der Waals surface area contributed by atoms with Gasteiger partial charge in [-0.05, 0) is 19.8 Å². The number of carbonyl (C=O) groups excluding carboxylic acids is 1. The Kier molecular flexibility index (Phi) is 4.14. The molecule has 1 saturated carbocycles. The second-order valence-electron chi connectivity index (χ2n) is 4.89. The molecule has 1 amide bonds. The van der Waals surface area contributed by atoms with E-state index in [1.807, 2.05) is 0 Å². The van der Waals surface area contributed by atoms with Crippen LogP contribution in [0.25, 0.3) is 0 Å². The quantitative estimate of drug-likeness (QED) is 0.779. The van der Waals surface area contributed by atoms with Crippen molar-refractivity contribution in [3.63, 3.8) is 0 Å². The number of thiocarbonyl (C=S) groups is 1. The molecule has 0 aliphatic heterocycles. The molecule has 1 aliphatic rings. The van der Waals surface area contributed by atoms with Crippen LogP contribution in [0, 0.1) is 12.3 Å². The van der Waals surface area contributed by atoms with Crippen LogP contribution in [-0.4, -0.2) is 27.6 Å². The van der Waals surface area contributed by atoms with Gasteiger partial charge in [0.05, 0.1) is 10.4 Å². The molecule has 104 valence electrons. The van der Waals surface area contributed by atoms with Crippen molar-refractivity contribution in [2.45, 2.75) is 39.0 Å². The predicted octanol–water partition coefficient (Wildman–Crippen LogP) is 0.883. The molecule has 0 unspecified atom stereocenters. The van der Waals surface area contributed by atoms with Crippen LogP contribution in [-0.2, 0) is 11.2 Å². The lowest BCUT2D eigenvalue weighted by Gasteiger charge is -2.26. The highest BCUT2D eigenvalue weighted by molar-refractivity contribution is 7.80. The number of hydrogen-bond acceptors (Lipinski definition) is 5. The van der Waals surface area contributed by atoms with Gasteiger partial charge in [-0.15, -0.1) is 0 Å². The Balaban J connectivity index is 1.88. The standard InChI is InChI=1S/C12H18N4O2S/c1-8-15-9(18-16-8)4-7-14-11(17)12(10(13)19)5-2-3-6-12/h2-7H2,1H3,(H2,13,19)(H,14,17). The molecule has 0 bridgehead atoms. The predicted molar refractivity (Wildman–Crippen MR) is 73.4 cm³/mol. The lowest BCUT2D eigenvalue weighted by molar-refractivity contribution is -0.127. The number of aryl methyl sites for hydroxylation is 1. The molecule has 1 aromatic rings. The molecule has 0 radical (unpaired) electrons. The van der Waals surface area contributed by atoms with Crippen molar-refractivity contribution in [1.82, 2.24) is 15.5 Å². The molecule has 6 nitrogen and oxygen atoms in total. The van der Waals surface area contributed by atoms with Crippen molar-refractivity contribution in [1.29, 1.82) is 0 Å². The van der Waals surface area contributed by atoms with Crippen LogP contribution in [0.2, 0.25) is 0 Å². The highest BCUT2D eigenvalue weighted by Gasteiger charge is 2.43. The van der Waals surface area contributed by atoms with Gasteiger partial charge in [0, 0.05) is 13.0 Å². The number of nitrogens with one attached hydrogen (secondary N) is 1. The fourth-order valence-electron chi connectivity index (χ4n) is 2.46. The Hall–Kier alpha value is -1.50. The monoisotopic (exact) mass is 282 g/mol. The number of nitrogens with zero attached hydrogens (tertiary/aromatic N) is 2. The van der Waals surface area contributed by atoms with E-state index in [9.17, 15) is 4.79 Å². The molecule has 3 N–H and O–H groups in total. The number of carbonyl (C=O) groups is 1. The lowest BCUT2D eigenvalue weighted by Crippen LogP contribution is -2.47. The highest BCUT2D eigenvalue weighted by atomic mass is 32.1. The first kappa shape index (κ1) is 13.9. The molecule has 1 heterocycles. The smallest absolute Gasteiger partial charge is 0.233 e. The van der Waals surface area contributed by atoms with Gasteiger partial charge < -0.3 is 15.6 Å². The number of hydrogen-bond donors (Lipinski definition) is 2. The lowest BCUT2D eigenvalue weighted by atomic mass is 9.85. The van der Waals surface area contributed by atoms with E-state index in [-0.39, 0.29) is 5.91 Å². The zero-order valence-electron chi connectivity index (χ0n) is 10.9. The molecule has 0 atom stereocenters. The largest absolute Gasteiger partial charge is 0.392 e. The van der Waals surface area contributed by atoms with Crippen LogP contribution in [0.15, 0.2) is 4.52 Å². The van der Waals surface area contributed by atoms with Gasteiger partial charge in [-0.2, -0.15) is 4.98 Å². The minimum absolute atomic E-state index is 0.0752. The minimum atomic E-state index is -0.653. The van der Waals surface area contributed by atoms with E-state index in [4.69, 9.17) is 22.5 Å². The zero-order chi connectivity index (χ0) is 13.9. The molecule has 1 aliphatic carbocycles. The molecule has 0 aromatic carbocycles. The molecule has 2 rings (SSSR count). The van der Waals surface area contributed by atoms with Crippen molar-refractivity contribution in [3.8, 4) is 0 Å². The summed E-state index contributed by atoms with van der Waals surface area (Å²) in [5.74, 6) is 1.04. The number of aromatic nitrogens is 2. The van der Waals surface area contributed by atoms with Gasteiger partial charge in [-0.1, -0.05) is 30.2 Å². The van der Waals surface area contributed by atoms with E-state index >= 15 is 0 Å². The van der Waals surface area contributed by atoms with Gasteiger partial charge in [0.25, 0.3) is 0 Å². The van der Waals surface area contributed by atoms with Crippen molar-refractivity contribution in [2.75, 3.05) is 6.54 Å². The van der Waals surface area contributed by atoms with Gasteiger partial charge in [0.1, 0.15) is 0 Å². The van der Waals surface area contributed by atoms with Crippen molar-refractivity contribution >= 4 is 23.1 Å². The molecule has 0 spiro atoms. The number of amides is 1. The number of rotatable bonds is 5. The van der Waals surface area contributed by atoms with Crippen LogP contribution in [0.1, 0.15) is 37.4 Å². The second kappa shape index (κ2) is 5.64. The highest BCUT2D eigenvalue weighted by Crippen LogP contribution is 2.38. The summed E-state index contributed by atoms with van der Waals surface area (Å²) in [5.41, 5.74) is 5.10. The van der Waals surface area contributed by atoms with Gasteiger partial charge in [0.15, 0.2) is 5.82 Å². The van der Waals surface area contributed by atoms with Crippen molar-refractivity contribution in [3.05, 3.63) is 11.7 Å². The third kappa shape index (κ3) is 2.91. The first-order valence-corrected chi connectivity index (χ1v) is 6.83. The minimum Gasteiger partial charge on any atom is -0.392 e. The third-order valence-corrected chi connectivity index (χ3v) is 3.95. The number of nitrogens with two attached hydrogens (primary N) is 1. The van der Waals surface area contributed by atoms with Crippen LogP contribution in [0.3, 0.4) is 0 Å². The molecule has 7 heteroatoms. The fraction of sp³-hybridized carbons (Fsp3) is 0.667. The Morgan fingerprint density at radius 2 is 2.21 bits per heavy atom. The van der Waals surface area contributed by atoms with Gasteiger partial charge >= 0.3 is 0 Å². The Labute approximate surface area is 117 Å². The van der Waals surface area contributed by atoms with E-state index in [1.165, 1.54) is 0 Å². The zero-order valence-corrected chi connectivity index (χ0v) is 11.8. The summed E-state index contributed by atoms with van der Waals surface area (Å²) in [6.45, 7) is 2.21. The van der Waals surface area contributed by atoms with E-state index in [1.54, 1.807) is 6.92 Å². The fourth-order valence-corrected chi connectivity index (χ4v) is 2.75. The van der Waals surface area contributed by atoms with Gasteiger partial charge in [-0.3, -0.25) is 4.79 Å². The first-order chi connectivity index (χ1) is 9.04. The SMILES string of the molecule is Cc1noc(CCNC(=O)C2(C(N)=S)CCCC2)n1. The maximum Gasteiger partial charge on any atom is 0.233 e.